The molecule has 0 bridgehead atoms. The minimum Gasteiger partial charge on any atom is -0.311 e. The first-order valence-corrected chi connectivity index (χ1v) is 7.65. The first-order valence-electron chi connectivity index (χ1n) is 6.89. The van der Waals surface area contributed by atoms with Gasteiger partial charge in [-0.1, -0.05) is 42.3 Å². The average Bonchev–Trinajstić information content (AvgIpc) is 2.82. The number of nitrogens with one attached hydrogen (secondary N) is 1. The van der Waals surface area contributed by atoms with Gasteiger partial charge in [0.15, 0.2) is 0 Å². The summed E-state index contributed by atoms with van der Waals surface area (Å²) in [5, 5.41) is 8.19. The van der Waals surface area contributed by atoms with Gasteiger partial charge in [-0.3, -0.25) is 4.68 Å². The van der Waals surface area contributed by atoms with Crippen LogP contribution in [0.1, 0.15) is 30.6 Å². The van der Waals surface area contributed by atoms with Crippen LogP contribution in [0.15, 0.2) is 24.4 Å². The van der Waals surface area contributed by atoms with Crippen LogP contribution in [0.4, 0.5) is 4.39 Å². The number of halogens is 3. The van der Waals surface area contributed by atoms with Gasteiger partial charge >= 0.3 is 0 Å². The lowest BCUT2D eigenvalue weighted by Gasteiger charge is -2.19. The highest BCUT2D eigenvalue weighted by atomic mass is 35.5. The molecular weight excluding hydrogens is 312 g/mol. The lowest BCUT2D eigenvalue weighted by molar-refractivity contribution is 0.488. The third-order valence-corrected chi connectivity index (χ3v) is 3.99. The zero-order valence-corrected chi connectivity index (χ0v) is 13.5. The van der Waals surface area contributed by atoms with Gasteiger partial charge in [-0.05, 0) is 31.5 Å². The number of aromatic nitrogens is 2. The van der Waals surface area contributed by atoms with Gasteiger partial charge in [-0.25, -0.2) is 4.39 Å². The number of hydrogen-bond acceptors (Lipinski definition) is 2. The second-order valence-electron chi connectivity index (χ2n) is 4.86. The standard InChI is InChI=1S/C15H18Cl2FN3/c1-3-7-21-15(12(17)9-20-21)13(19-2)8-10-5-4-6-11(16)14(10)18/h4-6,9,13,19H,3,7-8H2,1-2H3. The first kappa shape index (κ1) is 16.3. The Bertz CT molecular complexity index is 613. The molecular formula is C15H18Cl2FN3. The van der Waals surface area contributed by atoms with Crippen molar-refractivity contribution >= 4 is 23.2 Å². The van der Waals surface area contributed by atoms with Crippen molar-refractivity contribution in [3.8, 4) is 0 Å². The van der Waals surface area contributed by atoms with Crippen LogP contribution >= 0.6 is 23.2 Å². The molecule has 2 rings (SSSR count). The van der Waals surface area contributed by atoms with Crippen LogP contribution in [0.2, 0.25) is 10.0 Å². The van der Waals surface area contributed by atoms with Gasteiger partial charge in [0.05, 0.1) is 28.0 Å². The molecule has 1 N–H and O–H groups in total. The third kappa shape index (κ3) is 3.57. The molecule has 0 saturated carbocycles. The van der Waals surface area contributed by atoms with E-state index in [0.717, 1.165) is 18.7 Å². The van der Waals surface area contributed by atoms with Crippen molar-refractivity contribution in [1.82, 2.24) is 15.1 Å². The summed E-state index contributed by atoms with van der Waals surface area (Å²) < 4.78 is 15.9. The molecule has 0 fully saturated rings. The van der Waals surface area contributed by atoms with Crippen LogP contribution in [0.3, 0.4) is 0 Å². The topological polar surface area (TPSA) is 29.9 Å². The molecule has 0 radical (unpaired) electrons. The molecule has 21 heavy (non-hydrogen) atoms. The fourth-order valence-electron chi connectivity index (χ4n) is 2.37. The Morgan fingerprint density at radius 3 is 2.76 bits per heavy atom. The second kappa shape index (κ2) is 7.25. The smallest absolute Gasteiger partial charge is 0.145 e. The van der Waals surface area contributed by atoms with E-state index in [2.05, 4.69) is 17.3 Å². The van der Waals surface area contributed by atoms with Gasteiger partial charge in [0.25, 0.3) is 0 Å². The van der Waals surface area contributed by atoms with Crippen LogP contribution in [0.25, 0.3) is 0 Å². The summed E-state index contributed by atoms with van der Waals surface area (Å²) >= 11 is 12.1. The van der Waals surface area contributed by atoms with E-state index < -0.39 is 0 Å². The highest BCUT2D eigenvalue weighted by Crippen LogP contribution is 2.28. The first-order chi connectivity index (χ1) is 10.1. The van der Waals surface area contributed by atoms with E-state index in [9.17, 15) is 4.39 Å². The predicted octanol–water partition coefficient (Wildman–Crippen LogP) is 4.24. The Morgan fingerprint density at radius 2 is 2.10 bits per heavy atom. The minimum atomic E-state index is -0.378. The maximum atomic E-state index is 14.1. The Labute approximate surface area is 134 Å². The zero-order valence-electron chi connectivity index (χ0n) is 12.0. The van der Waals surface area contributed by atoms with Crippen molar-refractivity contribution in [3.63, 3.8) is 0 Å². The maximum absolute atomic E-state index is 14.1. The zero-order chi connectivity index (χ0) is 15.4. The van der Waals surface area contributed by atoms with E-state index in [1.165, 1.54) is 0 Å². The largest absolute Gasteiger partial charge is 0.311 e. The van der Waals surface area contributed by atoms with Gasteiger partial charge < -0.3 is 5.32 Å². The quantitative estimate of drug-likeness (QED) is 0.858. The van der Waals surface area contributed by atoms with Gasteiger partial charge in [0.1, 0.15) is 5.82 Å². The van der Waals surface area contributed by atoms with Crippen molar-refractivity contribution < 1.29 is 4.39 Å². The molecule has 0 spiro atoms. The lowest BCUT2D eigenvalue weighted by atomic mass is 10.0. The normalized spacial score (nSPS) is 12.6. The molecule has 0 amide bonds. The summed E-state index contributed by atoms with van der Waals surface area (Å²) in [5.41, 5.74) is 1.43. The summed E-state index contributed by atoms with van der Waals surface area (Å²) in [6.45, 7) is 2.85. The van der Waals surface area contributed by atoms with E-state index >= 15 is 0 Å². The fourth-order valence-corrected chi connectivity index (χ4v) is 2.84. The van der Waals surface area contributed by atoms with E-state index in [1.54, 1.807) is 24.4 Å². The highest BCUT2D eigenvalue weighted by molar-refractivity contribution is 6.31. The summed E-state index contributed by atoms with van der Waals surface area (Å²) in [5.74, 6) is -0.378. The molecule has 1 heterocycles. The van der Waals surface area contributed by atoms with Crippen molar-refractivity contribution in [2.24, 2.45) is 0 Å². The van der Waals surface area contributed by atoms with E-state index in [0.29, 0.717) is 17.0 Å². The van der Waals surface area contributed by atoms with E-state index in [-0.39, 0.29) is 16.9 Å². The SMILES string of the molecule is CCCn1ncc(Cl)c1C(Cc1cccc(Cl)c1F)NC. The van der Waals surface area contributed by atoms with Crippen molar-refractivity contribution in [2.75, 3.05) is 7.05 Å². The molecule has 0 saturated heterocycles. The average molecular weight is 330 g/mol. The second-order valence-corrected chi connectivity index (χ2v) is 5.67. The Kier molecular flexibility index (Phi) is 5.62. The molecule has 1 unspecified atom stereocenters. The van der Waals surface area contributed by atoms with Crippen molar-refractivity contribution in [1.29, 1.82) is 0 Å². The Hall–Kier alpha value is -1.10. The van der Waals surface area contributed by atoms with Crippen LogP contribution in [-0.2, 0) is 13.0 Å². The number of hydrogen-bond donors (Lipinski definition) is 1. The monoisotopic (exact) mass is 329 g/mol. The number of likely N-dealkylation sites (N-methyl/N-ethyl adjacent to an activating group) is 1. The third-order valence-electron chi connectivity index (χ3n) is 3.40. The van der Waals surface area contributed by atoms with Crippen LogP contribution in [0, 0.1) is 5.82 Å². The molecule has 3 nitrogen and oxygen atoms in total. The Balaban J connectivity index is 2.32. The summed E-state index contributed by atoms with van der Waals surface area (Å²) in [6.07, 6.45) is 3.04. The minimum absolute atomic E-state index is 0.125. The molecule has 0 aliphatic carbocycles. The number of benzene rings is 1. The molecule has 1 atom stereocenters. The number of rotatable bonds is 6. The van der Waals surface area contributed by atoms with Gasteiger partial charge in [0.2, 0.25) is 0 Å². The molecule has 1 aromatic heterocycles. The molecule has 2 aromatic rings. The fraction of sp³-hybridized carbons (Fsp3) is 0.400. The summed E-state index contributed by atoms with van der Waals surface area (Å²) in [4.78, 5) is 0. The molecule has 114 valence electrons. The van der Waals surface area contributed by atoms with Gasteiger partial charge in [0, 0.05) is 6.54 Å². The molecule has 0 aliphatic rings. The summed E-state index contributed by atoms with van der Waals surface area (Å²) in [6, 6.07) is 4.90. The van der Waals surface area contributed by atoms with Gasteiger partial charge in [-0.2, -0.15) is 5.10 Å². The lowest BCUT2D eigenvalue weighted by Crippen LogP contribution is -2.23. The van der Waals surface area contributed by atoms with Crippen LogP contribution in [-0.4, -0.2) is 16.8 Å². The van der Waals surface area contributed by atoms with Crippen molar-refractivity contribution in [2.45, 2.75) is 32.4 Å². The Morgan fingerprint density at radius 1 is 1.33 bits per heavy atom. The summed E-state index contributed by atoms with van der Waals surface area (Å²) in [7, 11) is 1.83. The van der Waals surface area contributed by atoms with Crippen molar-refractivity contribution in [3.05, 3.63) is 51.5 Å². The van der Waals surface area contributed by atoms with Crippen LogP contribution in [0.5, 0.6) is 0 Å². The van der Waals surface area contributed by atoms with E-state index in [4.69, 9.17) is 23.2 Å². The molecule has 0 aliphatic heterocycles. The number of aryl methyl sites for hydroxylation is 1. The van der Waals surface area contributed by atoms with E-state index in [1.807, 2.05) is 11.7 Å². The van der Waals surface area contributed by atoms with Gasteiger partial charge in [-0.15, -0.1) is 0 Å². The predicted molar refractivity (Wildman–Crippen MR) is 84.4 cm³/mol. The number of nitrogens with zero attached hydrogens (tertiary/aromatic N) is 2. The molecule has 6 heteroatoms. The highest BCUT2D eigenvalue weighted by Gasteiger charge is 2.21. The van der Waals surface area contributed by atoms with Crippen LogP contribution < -0.4 is 5.32 Å². The maximum Gasteiger partial charge on any atom is 0.145 e. The molecule has 1 aromatic carbocycles.